The quantitative estimate of drug-likeness (QED) is 0.238. The summed E-state index contributed by atoms with van der Waals surface area (Å²) in [6.45, 7) is 0.479. The molecule has 1 heterocycles. The molecule has 0 aliphatic rings. The van der Waals surface area contributed by atoms with E-state index in [9.17, 15) is 14.4 Å². The average molecular weight is 538 g/mol. The van der Waals surface area contributed by atoms with Gasteiger partial charge < -0.3 is 24.8 Å². The zero-order valence-corrected chi connectivity index (χ0v) is 22.2. The Kier molecular flexibility index (Phi) is 11.5. The second kappa shape index (κ2) is 15.3. The summed E-state index contributed by atoms with van der Waals surface area (Å²) < 4.78 is 15.4. The Morgan fingerprint density at radius 3 is 1.89 bits per heavy atom. The third-order valence-corrected chi connectivity index (χ3v) is 6.46. The summed E-state index contributed by atoms with van der Waals surface area (Å²) >= 11 is 1.13. The van der Waals surface area contributed by atoms with Crippen LogP contribution in [-0.4, -0.2) is 62.4 Å². The normalized spacial score (nSPS) is 10.4. The first kappa shape index (κ1) is 28.5. The molecule has 0 saturated heterocycles. The number of nitrogens with zero attached hydrogens (tertiary/aromatic N) is 1. The lowest BCUT2D eigenvalue weighted by molar-refractivity contribution is -0.124. The van der Waals surface area contributed by atoms with Crippen LogP contribution in [0.4, 0.5) is 0 Å². The van der Waals surface area contributed by atoms with Gasteiger partial charge in [0.05, 0.1) is 25.5 Å². The third-order valence-electron chi connectivity index (χ3n) is 5.46. The van der Waals surface area contributed by atoms with E-state index >= 15 is 0 Å². The maximum Gasteiger partial charge on any atom is 0.341 e. The monoisotopic (exact) mass is 537 g/mol. The van der Waals surface area contributed by atoms with Crippen molar-refractivity contribution in [1.29, 1.82) is 0 Å². The number of aromatic nitrogens is 1. The Labute approximate surface area is 226 Å². The van der Waals surface area contributed by atoms with Gasteiger partial charge in [0.2, 0.25) is 5.91 Å². The van der Waals surface area contributed by atoms with Crippen LogP contribution in [0.1, 0.15) is 21.5 Å². The molecule has 0 aliphatic carbocycles. The molecule has 2 N–H and O–H groups in total. The molecule has 0 saturated carbocycles. The summed E-state index contributed by atoms with van der Waals surface area (Å²) in [4.78, 5) is 41.2. The van der Waals surface area contributed by atoms with Crippen LogP contribution in [0.15, 0.2) is 71.9 Å². The maximum absolute atomic E-state index is 12.6. The summed E-state index contributed by atoms with van der Waals surface area (Å²) in [6.07, 6.45) is 2.85. The number of ether oxygens (including phenoxy) is 3. The topological polar surface area (TPSA) is 116 Å². The lowest BCUT2D eigenvalue weighted by Gasteiger charge is -2.10. The minimum atomic E-state index is -0.675. The fraction of sp³-hybridized carbons (Fsp3) is 0.286. The van der Waals surface area contributed by atoms with Crippen molar-refractivity contribution in [2.75, 3.05) is 39.7 Å². The first-order chi connectivity index (χ1) is 18.5. The number of rotatable bonds is 14. The van der Waals surface area contributed by atoms with E-state index in [-0.39, 0.29) is 17.2 Å². The van der Waals surface area contributed by atoms with E-state index in [1.807, 2.05) is 48.5 Å². The summed E-state index contributed by atoms with van der Waals surface area (Å²) in [5.74, 6) is 0.384. The number of benzene rings is 2. The highest BCUT2D eigenvalue weighted by Crippen LogP contribution is 2.20. The highest BCUT2D eigenvalue weighted by atomic mass is 32.2. The van der Waals surface area contributed by atoms with Crippen LogP contribution in [0.3, 0.4) is 0 Å². The number of pyridine rings is 1. The van der Waals surface area contributed by atoms with Gasteiger partial charge in [-0.2, -0.15) is 0 Å². The summed E-state index contributed by atoms with van der Waals surface area (Å²) in [5.41, 5.74) is 2.33. The predicted molar refractivity (Wildman–Crippen MR) is 145 cm³/mol. The molecule has 3 rings (SSSR count). The Morgan fingerprint density at radius 1 is 0.789 bits per heavy atom. The van der Waals surface area contributed by atoms with Crippen LogP contribution in [0.5, 0.6) is 11.5 Å². The van der Waals surface area contributed by atoms with Crippen LogP contribution in [-0.2, 0) is 27.2 Å². The minimum Gasteiger partial charge on any atom is -0.497 e. The lowest BCUT2D eigenvalue weighted by Crippen LogP contribution is -2.30. The first-order valence-corrected chi connectivity index (χ1v) is 13.0. The minimum absolute atomic E-state index is 0.0890. The molecule has 0 aliphatic heterocycles. The van der Waals surface area contributed by atoms with Crippen molar-refractivity contribution in [3.8, 4) is 11.5 Å². The Bertz CT molecular complexity index is 1200. The number of nitrogens with one attached hydrogen (secondary N) is 2. The molecule has 0 bridgehead atoms. The number of carbonyl (C=O) groups is 3. The molecule has 0 fully saturated rings. The number of esters is 1. The van der Waals surface area contributed by atoms with Crippen molar-refractivity contribution in [3.63, 3.8) is 0 Å². The fourth-order valence-corrected chi connectivity index (χ4v) is 4.20. The third kappa shape index (κ3) is 9.44. The predicted octanol–water partition coefficient (Wildman–Crippen LogP) is 3.07. The number of carbonyl (C=O) groups excluding carboxylic acids is 3. The van der Waals surface area contributed by atoms with Gasteiger partial charge in [-0.05, 0) is 60.4 Å². The number of methoxy groups -OCH3 is 2. The van der Waals surface area contributed by atoms with Crippen LogP contribution in [0, 0.1) is 0 Å². The number of hydrogen-bond acceptors (Lipinski definition) is 8. The standard InChI is InChI=1S/C28H31N3O6S/c1-35-22-9-5-20(6-10-22)13-16-29-25(32)18-37-28(34)24-4-3-15-31-27(24)38-19-26(33)30-17-14-21-7-11-23(36-2)12-8-21/h3-12,15H,13-14,16-19H2,1-2H3,(H,29,32)(H,30,33). The highest BCUT2D eigenvalue weighted by Gasteiger charge is 2.17. The Morgan fingerprint density at radius 2 is 1.34 bits per heavy atom. The second-order valence-electron chi connectivity index (χ2n) is 8.12. The molecule has 2 amide bonds. The van der Waals surface area contributed by atoms with E-state index in [4.69, 9.17) is 14.2 Å². The molecule has 200 valence electrons. The van der Waals surface area contributed by atoms with Gasteiger partial charge in [0.15, 0.2) is 6.61 Å². The molecule has 38 heavy (non-hydrogen) atoms. The van der Waals surface area contributed by atoms with Gasteiger partial charge in [-0.15, -0.1) is 0 Å². The van der Waals surface area contributed by atoms with Crippen molar-refractivity contribution in [2.45, 2.75) is 17.9 Å². The van der Waals surface area contributed by atoms with Gasteiger partial charge in [-0.25, -0.2) is 9.78 Å². The van der Waals surface area contributed by atoms with Crippen molar-refractivity contribution in [2.24, 2.45) is 0 Å². The van der Waals surface area contributed by atoms with Gasteiger partial charge in [0, 0.05) is 19.3 Å². The van der Waals surface area contributed by atoms with Crippen LogP contribution in [0.25, 0.3) is 0 Å². The van der Waals surface area contributed by atoms with Gasteiger partial charge in [-0.3, -0.25) is 9.59 Å². The Balaban J connectivity index is 1.38. The molecule has 0 spiro atoms. The SMILES string of the molecule is COc1ccc(CCNC(=O)COC(=O)c2cccnc2SCC(=O)NCCc2ccc(OC)cc2)cc1. The molecule has 0 unspecified atom stereocenters. The average Bonchev–Trinajstić information content (AvgIpc) is 2.95. The van der Waals surface area contributed by atoms with E-state index in [1.54, 1.807) is 26.4 Å². The van der Waals surface area contributed by atoms with Crippen molar-refractivity contribution >= 4 is 29.5 Å². The molecule has 10 heteroatoms. The highest BCUT2D eigenvalue weighted by molar-refractivity contribution is 8.00. The second-order valence-corrected chi connectivity index (χ2v) is 9.08. The zero-order valence-electron chi connectivity index (χ0n) is 21.4. The van der Waals surface area contributed by atoms with Crippen molar-refractivity contribution in [3.05, 3.63) is 83.6 Å². The zero-order chi connectivity index (χ0) is 27.2. The molecular formula is C28H31N3O6S. The van der Waals surface area contributed by atoms with Crippen molar-refractivity contribution < 1.29 is 28.6 Å². The van der Waals surface area contributed by atoms with Crippen LogP contribution < -0.4 is 20.1 Å². The number of hydrogen-bond donors (Lipinski definition) is 2. The van der Waals surface area contributed by atoms with Crippen LogP contribution in [0.2, 0.25) is 0 Å². The van der Waals surface area contributed by atoms with E-state index in [2.05, 4.69) is 15.6 Å². The molecule has 1 aromatic heterocycles. The van der Waals surface area contributed by atoms with Crippen molar-refractivity contribution in [1.82, 2.24) is 15.6 Å². The van der Waals surface area contributed by atoms with Gasteiger partial charge in [-0.1, -0.05) is 36.0 Å². The van der Waals surface area contributed by atoms with Gasteiger partial charge in [0.1, 0.15) is 16.5 Å². The largest absolute Gasteiger partial charge is 0.497 e. The molecule has 0 radical (unpaired) electrons. The molecule has 0 atom stereocenters. The molecule has 9 nitrogen and oxygen atoms in total. The van der Waals surface area contributed by atoms with E-state index in [0.717, 1.165) is 34.4 Å². The summed E-state index contributed by atoms with van der Waals surface area (Å²) in [6, 6.07) is 18.4. The fourth-order valence-electron chi connectivity index (χ4n) is 3.38. The lowest BCUT2D eigenvalue weighted by atomic mass is 10.1. The molecular weight excluding hydrogens is 506 g/mol. The smallest absolute Gasteiger partial charge is 0.341 e. The molecule has 3 aromatic rings. The van der Waals surface area contributed by atoms with Gasteiger partial charge in [0.25, 0.3) is 5.91 Å². The summed E-state index contributed by atoms with van der Waals surface area (Å²) in [5, 5.41) is 5.96. The Hall–Kier alpha value is -4.05. The van der Waals surface area contributed by atoms with E-state index in [0.29, 0.717) is 31.0 Å². The summed E-state index contributed by atoms with van der Waals surface area (Å²) in [7, 11) is 3.22. The van der Waals surface area contributed by atoms with E-state index < -0.39 is 18.5 Å². The van der Waals surface area contributed by atoms with Crippen LogP contribution >= 0.6 is 11.8 Å². The maximum atomic E-state index is 12.6. The number of thioether (sulfide) groups is 1. The van der Waals surface area contributed by atoms with Gasteiger partial charge >= 0.3 is 5.97 Å². The van der Waals surface area contributed by atoms with E-state index in [1.165, 1.54) is 6.20 Å². The molecule has 2 aromatic carbocycles. The first-order valence-electron chi connectivity index (χ1n) is 12.0. The number of amides is 2.